The molecule has 1 aromatic heterocycles. The summed E-state index contributed by atoms with van der Waals surface area (Å²) in [5.41, 5.74) is -1.36. The predicted molar refractivity (Wildman–Crippen MR) is 112 cm³/mol. The summed E-state index contributed by atoms with van der Waals surface area (Å²) in [6.07, 6.45) is 0. The molecule has 3 N–H and O–H groups in total. The van der Waals surface area contributed by atoms with Crippen LogP contribution in [0.4, 0.5) is 11.4 Å². The molecule has 36 heavy (non-hydrogen) atoms. The van der Waals surface area contributed by atoms with E-state index in [0.717, 1.165) is 35.0 Å². The van der Waals surface area contributed by atoms with Crippen molar-refractivity contribution < 1.29 is 112 Å². The molecule has 2 aromatic carbocycles. The molecule has 0 saturated heterocycles. The fourth-order valence-corrected chi connectivity index (χ4v) is 3.91. The van der Waals surface area contributed by atoms with Crippen LogP contribution in [-0.2, 0) is 37.6 Å². The van der Waals surface area contributed by atoms with E-state index in [1.165, 1.54) is 19.9 Å². The Hall–Kier alpha value is -1.13. The Kier molecular flexibility index (Phi) is 12.7. The van der Waals surface area contributed by atoms with E-state index in [2.05, 4.69) is 15.3 Å². The quantitative estimate of drug-likeness (QED) is 0.110. The van der Waals surface area contributed by atoms with E-state index in [-0.39, 0.29) is 98.4 Å². The molecule has 0 aliphatic rings. The predicted octanol–water partition coefficient (Wildman–Crippen LogP) is -3.82. The summed E-state index contributed by atoms with van der Waals surface area (Å²) in [5, 5.41) is 20.7. The molecule has 0 bridgehead atoms. The van der Waals surface area contributed by atoms with Crippen LogP contribution in [0.15, 0.2) is 61.2 Å². The third kappa shape index (κ3) is 7.70. The van der Waals surface area contributed by atoms with Gasteiger partial charge in [0.25, 0.3) is 20.2 Å². The number of nitrogens with zero attached hydrogens (tertiary/aromatic N) is 4. The molecule has 3 rings (SSSR count). The van der Waals surface area contributed by atoms with Crippen molar-refractivity contribution in [3.05, 3.63) is 63.6 Å². The van der Waals surface area contributed by atoms with Gasteiger partial charge in [-0.3, -0.25) is 9.11 Å². The van der Waals surface area contributed by atoms with E-state index < -0.39 is 47.9 Å². The zero-order valence-corrected chi connectivity index (χ0v) is 26.2. The number of rotatable bonds is 6. The molecular weight excluding hydrogens is 578 g/mol. The average molecular weight is 593 g/mol. The van der Waals surface area contributed by atoms with Gasteiger partial charge in [-0.1, -0.05) is 12.6 Å². The van der Waals surface area contributed by atoms with Crippen LogP contribution < -0.4 is 64.7 Å². The number of carboxylic acid groups (broad SMARTS) is 1. The molecule has 0 saturated carbocycles. The fourth-order valence-electron chi connectivity index (χ4n) is 2.84. The summed E-state index contributed by atoms with van der Waals surface area (Å²) in [4.78, 5) is 23.2. The minimum atomic E-state index is -4.65. The van der Waals surface area contributed by atoms with Crippen molar-refractivity contribution in [1.29, 1.82) is 0 Å². The van der Waals surface area contributed by atoms with E-state index in [0.29, 0.717) is 5.56 Å². The van der Waals surface area contributed by atoms with Gasteiger partial charge in [0.15, 0.2) is 0 Å². The minimum Gasteiger partial charge on any atom is -0.478 e. The van der Waals surface area contributed by atoms with Gasteiger partial charge in [0, 0.05) is 17.4 Å². The number of aromatic carboxylic acids is 1. The molecule has 0 radical (unpaired) electrons. The molecule has 180 valence electrons. The number of azo groups is 1. The number of hydrogen-bond acceptors (Lipinski definition) is 9. The second-order valence-corrected chi connectivity index (χ2v) is 9.58. The van der Waals surface area contributed by atoms with E-state index in [1.807, 2.05) is 0 Å². The second kappa shape index (κ2) is 13.1. The van der Waals surface area contributed by atoms with Crippen LogP contribution in [0.2, 0.25) is 0 Å². The molecule has 18 heteroatoms. The van der Waals surface area contributed by atoms with Crippen molar-refractivity contribution in [3.8, 4) is 5.69 Å². The first-order valence-electron chi connectivity index (χ1n) is 8.82. The Bertz CT molecular complexity index is 1600. The maximum absolute atomic E-state index is 12.8. The summed E-state index contributed by atoms with van der Waals surface area (Å²) < 4.78 is 64.5. The van der Waals surface area contributed by atoms with Crippen molar-refractivity contribution >= 4 is 37.6 Å². The molecule has 0 fully saturated rings. The van der Waals surface area contributed by atoms with Crippen molar-refractivity contribution in [3.63, 3.8) is 0 Å². The first kappa shape index (κ1) is 34.9. The molecule has 0 atom stereocenters. The van der Waals surface area contributed by atoms with Gasteiger partial charge >= 0.3 is 65.1 Å². The molecule has 0 unspecified atom stereocenters. The second-order valence-electron chi connectivity index (χ2n) is 6.73. The maximum Gasteiger partial charge on any atom is 1.00 e. The van der Waals surface area contributed by atoms with Crippen LogP contribution in [0.5, 0.6) is 0 Å². The number of hydrogen-bond donors (Lipinski definition) is 3. The monoisotopic (exact) mass is 593 g/mol. The minimum absolute atomic E-state index is 0. The van der Waals surface area contributed by atoms with Gasteiger partial charge in [0.1, 0.15) is 5.56 Å². The molecular formula is C18H15CrN4Na2O9S2+. The van der Waals surface area contributed by atoms with Gasteiger partial charge in [-0.2, -0.15) is 21.9 Å². The number of carbonyl (C=O) groups is 1. The average Bonchev–Trinajstić information content (AvgIpc) is 2.98. The van der Waals surface area contributed by atoms with Crippen LogP contribution in [0.25, 0.3) is 5.69 Å². The van der Waals surface area contributed by atoms with Crippen molar-refractivity contribution in [2.75, 3.05) is 0 Å². The van der Waals surface area contributed by atoms with E-state index >= 15 is 0 Å². The van der Waals surface area contributed by atoms with E-state index in [9.17, 15) is 36.1 Å². The fraction of sp³-hybridized carbons (Fsp3) is 0.111. The van der Waals surface area contributed by atoms with E-state index in [1.54, 1.807) is 0 Å². The Balaban J connectivity index is 0.00000408. The number of carboxylic acids is 1. The van der Waals surface area contributed by atoms with Crippen molar-refractivity contribution in [1.82, 2.24) is 9.78 Å². The molecule has 3 aromatic rings. The van der Waals surface area contributed by atoms with Gasteiger partial charge in [-0.05, 0) is 48.9 Å². The Morgan fingerprint density at radius 1 is 0.972 bits per heavy atom. The molecule has 0 aliphatic carbocycles. The van der Waals surface area contributed by atoms with Crippen molar-refractivity contribution in [2.45, 2.75) is 23.6 Å². The SMILES string of the molecule is Cc1cc(S(=O)(=O)O)ccc1-n1nc(C)[c-](N=Nc2cc(S(=O)(=O)O)ccc2C(=O)O)c1=O.[Cr].[Na+].[Na+]. The molecule has 13 nitrogen and oxygen atoms in total. The first-order valence-corrected chi connectivity index (χ1v) is 11.7. The van der Waals surface area contributed by atoms with Crippen LogP contribution in [0.3, 0.4) is 0 Å². The molecule has 0 aliphatic heterocycles. The number of aromatic nitrogens is 2. The van der Waals surface area contributed by atoms with Crippen LogP contribution in [0.1, 0.15) is 21.6 Å². The summed E-state index contributed by atoms with van der Waals surface area (Å²) in [5.74, 6) is -1.45. The van der Waals surface area contributed by atoms with Crippen LogP contribution in [0, 0.1) is 13.8 Å². The normalized spacial score (nSPS) is 11.3. The topological polar surface area (TPSA) is 206 Å². The van der Waals surface area contributed by atoms with Crippen LogP contribution >= 0.6 is 0 Å². The van der Waals surface area contributed by atoms with Gasteiger partial charge in [0.2, 0.25) is 0 Å². The van der Waals surface area contributed by atoms with Gasteiger partial charge in [0.05, 0.1) is 26.7 Å². The smallest absolute Gasteiger partial charge is 0.478 e. The van der Waals surface area contributed by atoms with Crippen molar-refractivity contribution in [2.24, 2.45) is 10.2 Å². The third-order valence-corrected chi connectivity index (χ3v) is 6.14. The summed E-state index contributed by atoms with van der Waals surface area (Å²) in [7, 11) is -9.10. The summed E-state index contributed by atoms with van der Waals surface area (Å²) >= 11 is 0. The Labute approximate surface area is 260 Å². The van der Waals surface area contributed by atoms with E-state index in [4.69, 9.17) is 4.55 Å². The molecule has 1 heterocycles. The van der Waals surface area contributed by atoms with Gasteiger partial charge in [-0.25, -0.2) is 14.6 Å². The van der Waals surface area contributed by atoms with Crippen LogP contribution in [-0.4, -0.2) is 46.8 Å². The largest absolute Gasteiger partial charge is 1.00 e. The first-order chi connectivity index (χ1) is 15.2. The zero-order chi connectivity index (χ0) is 24.7. The zero-order valence-electron chi connectivity index (χ0n) is 19.3. The molecule has 0 spiro atoms. The maximum atomic E-state index is 12.8. The number of aryl methyl sites for hydroxylation is 2. The number of benzene rings is 2. The standard InChI is InChI=1S/C18H15N4O9S2.Cr.2Na/c1-9-7-11(32(26,27)28)4-6-15(9)22-17(23)16(10(2)21-22)20-19-14-8-12(33(29,30)31)3-5-13(14)18(24)25;;;/h3-8H,1-2H3,(H,24,25)(H,26,27,28)(H,29,30,31);;;/q-1;;2*+1. The van der Waals surface area contributed by atoms with Gasteiger partial charge < -0.3 is 15.0 Å². The Morgan fingerprint density at radius 3 is 2.00 bits per heavy atom. The summed E-state index contributed by atoms with van der Waals surface area (Å²) in [6, 6.07) is 6.04. The third-order valence-electron chi connectivity index (χ3n) is 4.44. The van der Waals surface area contributed by atoms with Gasteiger partial charge in [-0.15, -0.1) is 5.69 Å². The Morgan fingerprint density at radius 2 is 1.50 bits per heavy atom. The summed E-state index contributed by atoms with van der Waals surface area (Å²) in [6.45, 7) is 2.91. The molecule has 0 amide bonds.